The molecule has 1 N–H and O–H groups in total. The zero-order valence-electron chi connectivity index (χ0n) is 18.8. The van der Waals surface area contributed by atoms with Crippen LogP contribution in [0.15, 0.2) is 29.3 Å². The van der Waals surface area contributed by atoms with Gasteiger partial charge in [-0.3, -0.25) is 4.99 Å². The largest absolute Gasteiger partial charge is 0.492 e. The molecule has 0 radical (unpaired) electrons. The first kappa shape index (κ1) is 27.3. The van der Waals surface area contributed by atoms with Crippen molar-refractivity contribution in [3.8, 4) is 5.75 Å². The molecule has 0 aromatic heterocycles. The molecule has 1 heterocycles. The average Bonchev–Trinajstić information content (AvgIpc) is 2.74. The van der Waals surface area contributed by atoms with E-state index in [0.717, 1.165) is 42.8 Å². The number of hydrogen-bond donors (Lipinski definition) is 1. The van der Waals surface area contributed by atoms with Crippen LogP contribution in [-0.2, 0) is 0 Å². The van der Waals surface area contributed by atoms with Crippen molar-refractivity contribution < 1.29 is 4.74 Å². The third-order valence-corrected chi connectivity index (χ3v) is 5.51. The number of rotatable bonds is 11. The minimum Gasteiger partial charge on any atom is -0.492 e. The van der Waals surface area contributed by atoms with E-state index in [-0.39, 0.29) is 24.0 Å². The summed E-state index contributed by atoms with van der Waals surface area (Å²) < 4.78 is 5.79. The van der Waals surface area contributed by atoms with Crippen molar-refractivity contribution in [2.24, 2.45) is 4.99 Å². The number of ether oxygens (including phenoxy) is 1. The molecule has 0 spiro atoms. The fourth-order valence-corrected chi connectivity index (χ4v) is 3.49. The molecular weight excluding hydrogens is 513 g/mol. The molecule has 30 heavy (non-hydrogen) atoms. The fraction of sp³-hybridized carbons (Fsp3) is 0.682. The highest BCUT2D eigenvalue weighted by molar-refractivity contribution is 14.0. The summed E-state index contributed by atoms with van der Waals surface area (Å²) in [4.78, 5) is 12.0. The molecule has 1 saturated heterocycles. The Morgan fingerprint density at radius 2 is 1.77 bits per heavy atom. The Labute approximate surface area is 205 Å². The van der Waals surface area contributed by atoms with Crippen molar-refractivity contribution in [1.82, 2.24) is 20.0 Å². The molecule has 8 heteroatoms. The van der Waals surface area contributed by atoms with Crippen LogP contribution in [0.1, 0.15) is 26.7 Å². The predicted molar refractivity (Wildman–Crippen MR) is 139 cm³/mol. The van der Waals surface area contributed by atoms with Gasteiger partial charge in [0.25, 0.3) is 0 Å². The molecule has 172 valence electrons. The second-order valence-electron chi connectivity index (χ2n) is 7.44. The lowest BCUT2D eigenvalue weighted by atomic mass is 10.2. The quantitative estimate of drug-likeness (QED) is 0.197. The van der Waals surface area contributed by atoms with Crippen LogP contribution in [0.2, 0.25) is 5.02 Å². The van der Waals surface area contributed by atoms with E-state index in [0.29, 0.717) is 6.61 Å². The molecule has 0 saturated carbocycles. The fourth-order valence-electron chi connectivity index (χ4n) is 3.37. The van der Waals surface area contributed by atoms with Gasteiger partial charge in [-0.05, 0) is 57.1 Å². The van der Waals surface area contributed by atoms with E-state index in [1.165, 1.54) is 45.7 Å². The number of nitrogens with zero attached hydrogens (tertiary/aromatic N) is 4. The van der Waals surface area contributed by atoms with Crippen molar-refractivity contribution in [2.75, 3.05) is 72.6 Å². The Balaban J connectivity index is 0.00000450. The number of benzene rings is 1. The smallest absolute Gasteiger partial charge is 0.193 e. The summed E-state index contributed by atoms with van der Waals surface area (Å²) in [6.45, 7) is 14.6. The number of nitrogens with one attached hydrogen (secondary N) is 1. The maximum atomic E-state index is 5.91. The van der Waals surface area contributed by atoms with E-state index >= 15 is 0 Å². The van der Waals surface area contributed by atoms with Gasteiger partial charge in [0, 0.05) is 51.3 Å². The summed E-state index contributed by atoms with van der Waals surface area (Å²) in [7, 11) is 2.06. The molecule has 0 unspecified atom stereocenters. The molecule has 0 atom stereocenters. The molecule has 6 nitrogen and oxygen atoms in total. The van der Waals surface area contributed by atoms with Gasteiger partial charge in [0.1, 0.15) is 12.4 Å². The monoisotopic (exact) mass is 551 g/mol. The van der Waals surface area contributed by atoms with Crippen molar-refractivity contribution in [2.45, 2.75) is 26.7 Å². The Bertz CT molecular complexity index is 594. The normalized spacial score (nSPS) is 15.5. The highest BCUT2D eigenvalue weighted by atomic mass is 127. The summed E-state index contributed by atoms with van der Waals surface area (Å²) in [6, 6.07) is 7.47. The Morgan fingerprint density at radius 3 is 2.40 bits per heavy atom. The van der Waals surface area contributed by atoms with Gasteiger partial charge >= 0.3 is 0 Å². The summed E-state index contributed by atoms with van der Waals surface area (Å²) in [5.74, 6) is 1.79. The highest BCUT2D eigenvalue weighted by Crippen LogP contribution is 2.15. The topological polar surface area (TPSA) is 43.3 Å². The summed E-state index contributed by atoms with van der Waals surface area (Å²) >= 11 is 5.91. The number of halogens is 2. The standard InChI is InChI=1S/C22H38ClN5O.HI/c1-4-24-22(26(3)18-19-29-21-10-8-20(23)9-11-21)25-12-6-7-13-28-16-14-27(5-2)15-17-28;/h8-11H,4-7,12-19H2,1-3H3,(H,24,25);1H. The molecule has 2 rings (SSSR count). The lowest BCUT2D eigenvalue weighted by molar-refractivity contribution is 0.136. The van der Waals surface area contributed by atoms with Crippen LogP contribution in [0.5, 0.6) is 5.75 Å². The highest BCUT2D eigenvalue weighted by Gasteiger charge is 2.14. The van der Waals surface area contributed by atoms with Gasteiger partial charge in [0.2, 0.25) is 0 Å². The predicted octanol–water partition coefficient (Wildman–Crippen LogP) is 3.65. The van der Waals surface area contributed by atoms with Crippen LogP contribution in [0.3, 0.4) is 0 Å². The van der Waals surface area contributed by atoms with Gasteiger partial charge in [0.05, 0.1) is 6.54 Å². The number of piperazine rings is 1. The first-order valence-electron chi connectivity index (χ1n) is 10.9. The first-order valence-corrected chi connectivity index (χ1v) is 11.3. The third kappa shape index (κ3) is 10.5. The van der Waals surface area contributed by atoms with Crippen molar-refractivity contribution >= 4 is 41.5 Å². The SMILES string of the molecule is CCNC(=NCCCCN1CCN(CC)CC1)N(C)CCOc1ccc(Cl)cc1.I. The number of aliphatic imine (C=N–C) groups is 1. The van der Waals surface area contributed by atoms with Gasteiger partial charge in [-0.2, -0.15) is 0 Å². The molecular formula is C22H39ClIN5O. The summed E-state index contributed by atoms with van der Waals surface area (Å²) in [6.07, 6.45) is 2.33. The average molecular weight is 552 g/mol. The molecule has 0 bridgehead atoms. The van der Waals surface area contributed by atoms with Gasteiger partial charge < -0.3 is 24.8 Å². The van der Waals surface area contributed by atoms with Crippen LogP contribution >= 0.6 is 35.6 Å². The van der Waals surface area contributed by atoms with Crippen LogP contribution in [0, 0.1) is 0 Å². The zero-order valence-corrected chi connectivity index (χ0v) is 21.9. The molecule has 1 aromatic rings. The van der Waals surface area contributed by atoms with Gasteiger partial charge in [-0.25, -0.2) is 0 Å². The molecule has 1 aromatic carbocycles. The minimum atomic E-state index is 0. The van der Waals surface area contributed by atoms with E-state index in [4.69, 9.17) is 21.3 Å². The van der Waals surface area contributed by atoms with E-state index in [2.05, 4.69) is 40.9 Å². The Morgan fingerprint density at radius 1 is 1.10 bits per heavy atom. The lowest BCUT2D eigenvalue weighted by Gasteiger charge is -2.33. The second-order valence-corrected chi connectivity index (χ2v) is 7.88. The van der Waals surface area contributed by atoms with Crippen LogP contribution in [-0.4, -0.2) is 93.2 Å². The van der Waals surface area contributed by atoms with E-state index in [1.807, 2.05) is 24.3 Å². The number of guanidine groups is 1. The van der Waals surface area contributed by atoms with Crippen LogP contribution < -0.4 is 10.1 Å². The molecule has 1 aliphatic heterocycles. The molecule has 0 aliphatic carbocycles. The van der Waals surface area contributed by atoms with Crippen molar-refractivity contribution in [3.05, 3.63) is 29.3 Å². The number of likely N-dealkylation sites (N-methyl/N-ethyl adjacent to an activating group) is 2. The van der Waals surface area contributed by atoms with Crippen LogP contribution in [0.25, 0.3) is 0 Å². The van der Waals surface area contributed by atoms with Gasteiger partial charge in [0.15, 0.2) is 5.96 Å². The molecule has 1 fully saturated rings. The minimum absolute atomic E-state index is 0. The molecule has 0 amide bonds. The van der Waals surface area contributed by atoms with Gasteiger partial charge in [-0.1, -0.05) is 18.5 Å². The number of hydrogen-bond acceptors (Lipinski definition) is 4. The zero-order chi connectivity index (χ0) is 20.9. The first-order chi connectivity index (χ1) is 14.1. The van der Waals surface area contributed by atoms with E-state index < -0.39 is 0 Å². The van der Waals surface area contributed by atoms with Crippen LogP contribution in [0.4, 0.5) is 0 Å². The maximum Gasteiger partial charge on any atom is 0.193 e. The van der Waals surface area contributed by atoms with E-state index in [9.17, 15) is 0 Å². The Kier molecular flexibility index (Phi) is 14.5. The van der Waals surface area contributed by atoms with Crippen molar-refractivity contribution in [3.63, 3.8) is 0 Å². The van der Waals surface area contributed by atoms with Gasteiger partial charge in [-0.15, -0.1) is 24.0 Å². The summed E-state index contributed by atoms with van der Waals surface area (Å²) in [5, 5.41) is 4.10. The third-order valence-electron chi connectivity index (χ3n) is 5.26. The maximum absolute atomic E-state index is 5.91. The number of unbranched alkanes of at least 4 members (excludes halogenated alkanes) is 1. The summed E-state index contributed by atoms with van der Waals surface area (Å²) in [5.41, 5.74) is 0. The lowest BCUT2D eigenvalue weighted by Crippen LogP contribution is -2.46. The van der Waals surface area contributed by atoms with Crippen molar-refractivity contribution in [1.29, 1.82) is 0 Å². The molecule has 1 aliphatic rings. The Hall–Kier alpha value is -0.770. The van der Waals surface area contributed by atoms with E-state index in [1.54, 1.807) is 0 Å². The second kappa shape index (κ2) is 15.9.